The van der Waals surface area contributed by atoms with Crippen LogP contribution in [0.3, 0.4) is 0 Å². The quantitative estimate of drug-likeness (QED) is 0.758. The summed E-state index contributed by atoms with van der Waals surface area (Å²) in [6.07, 6.45) is 2.93. The van der Waals surface area contributed by atoms with Gasteiger partial charge in [-0.1, -0.05) is 0 Å². The third-order valence-corrected chi connectivity index (χ3v) is 2.29. The summed E-state index contributed by atoms with van der Waals surface area (Å²) in [7, 11) is 3.86. The summed E-state index contributed by atoms with van der Waals surface area (Å²) in [6.45, 7) is 2.73. The van der Waals surface area contributed by atoms with Gasteiger partial charge in [-0.25, -0.2) is 0 Å². The van der Waals surface area contributed by atoms with Crippen molar-refractivity contribution in [1.82, 2.24) is 15.2 Å². The smallest absolute Gasteiger partial charge is 0.253 e. The molecule has 5 heteroatoms. The van der Waals surface area contributed by atoms with Crippen molar-refractivity contribution in [2.75, 3.05) is 27.2 Å². The molecule has 0 bridgehead atoms. The number of rotatable bonds is 5. The van der Waals surface area contributed by atoms with Crippen LogP contribution in [-0.4, -0.2) is 48.8 Å². The molecule has 1 aromatic rings. The van der Waals surface area contributed by atoms with Crippen molar-refractivity contribution in [2.45, 2.75) is 6.92 Å². The number of hydrogen-bond acceptors (Lipinski definition) is 4. The number of amides is 1. The maximum Gasteiger partial charge on any atom is 0.253 e. The number of aromatic nitrogens is 1. The van der Waals surface area contributed by atoms with E-state index in [-0.39, 0.29) is 11.7 Å². The topological polar surface area (TPSA) is 62.3 Å². The van der Waals surface area contributed by atoms with E-state index < -0.39 is 0 Å². The molecule has 5 nitrogen and oxygen atoms in total. The Kier molecular flexibility index (Phi) is 4.78. The Balaban J connectivity index is 2.72. The molecule has 0 radical (unpaired) electrons. The zero-order valence-corrected chi connectivity index (χ0v) is 10.4. The lowest BCUT2D eigenvalue weighted by molar-refractivity contribution is 0.0936. The van der Waals surface area contributed by atoms with Gasteiger partial charge in [0.1, 0.15) is 0 Å². The van der Waals surface area contributed by atoms with E-state index in [1.165, 1.54) is 19.3 Å². The molecule has 0 unspecified atom stereocenters. The van der Waals surface area contributed by atoms with Crippen molar-refractivity contribution < 1.29 is 9.59 Å². The summed E-state index contributed by atoms with van der Waals surface area (Å²) < 4.78 is 0. The van der Waals surface area contributed by atoms with E-state index in [0.29, 0.717) is 17.7 Å². The summed E-state index contributed by atoms with van der Waals surface area (Å²) in [4.78, 5) is 29.0. The molecule has 1 rings (SSSR count). The van der Waals surface area contributed by atoms with Crippen LogP contribution in [0, 0.1) is 0 Å². The molecule has 0 saturated heterocycles. The molecule has 1 aromatic heterocycles. The van der Waals surface area contributed by atoms with Crippen molar-refractivity contribution in [2.24, 2.45) is 0 Å². The Morgan fingerprint density at radius 3 is 2.65 bits per heavy atom. The van der Waals surface area contributed by atoms with Gasteiger partial charge >= 0.3 is 0 Å². The third kappa shape index (κ3) is 3.96. The highest BCUT2D eigenvalue weighted by Gasteiger charge is 2.13. The fourth-order valence-corrected chi connectivity index (χ4v) is 1.37. The van der Waals surface area contributed by atoms with Crippen LogP contribution in [0.1, 0.15) is 27.6 Å². The molecule has 0 aromatic carbocycles. The minimum Gasteiger partial charge on any atom is -0.351 e. The third-order valence-electron chi connectivity index (χ3n) is 2.29. The number of nitrogens with one attached hydrogen (secondary N) is 1. The number of pyridine rings is 1. The normalized spacial score (nSPS) is 10.4. The maximum absolute atomic E-state index is 11.8. The minimum absolute atomic E-state index is 0.134. The van der Waals surface area contributed by atoms with E-state index in [1.54, 1.807) is 6.07 Å². The van der Waals surface area contributed by atoms with Crippen LogP contribution >= 0.6 is 0 Å². The minimum atomic E-state index is -0.259. The second-order valence-corrected chi connectivity index (χ2v) is 4.04. The Bertz CT molecular complexity index is 416. The van der Waals surface area contributed by atoms with Crippen LogP contribution in [0.15, 0.2) is 18.5 Å². The molecule has 0 saturated carbocycles. The monoisotopic (exact) mass is 235 g/mol. The van der Waals surface area contributed by atoms with Crippen LogP contribution in [-0.2, 0) is 0 Å². The van der Waals surface area contributed by atoms with Crippen molar-refractivity contribution in [3.05, 3.63) is 29.6 Å². The fourth-order valence-electron chi connectivity index (χ4n) is 1.37. The largest absolute Gasteiger partial charge is 0.351 e. The lowest BCUT2D eigenvalue weighted by Crippen LogP contribution is -2.32. The van der Waals surface area contributed by atoms with E-state index in [0.717, 1.165) is 6.54 Å². The van der Waals surface area contributed by atoms with Gasteiger partial charge in [0, 0.05) is 31.0 Å². The molecule has 0 atom stereocenters. The lowest BCUT2D eigenvalue weighted by atomic mass is 10.1. The molecule has 17 heavy (non-hydrogen) atoms. The van der Waals surface area contributed by atoms with E-state index in [9.17, 15) is 9.59 Å². The number of likely N-dealkylation sites (N-methyl/N-ethyl adjacent to an activating group) is 1. The average molecular weight is 235 g/mol. The van der Waals surface area contributed by atoms with E-state index >= 15 is 0 Å². The van der Waals surface area contributed by atoms with Gasteiger partial charge < -0.3 is 10.2 Å². The first-order valence-corrected chi connectivity index (χ1v) is 5.40. The van der Waals surface area contributed by atoms with E-state index in [2.05, 4.69) is 10.3 Å². The highest BCUT2D eigenvalue weighted by Crippen LogP contribution is 2.07. The van der Waals surface area contributed by atoms with Crippen LogP contribution in [0.5, 0.6) is 0 Å². The summed E-state index contributed by atoms with van der Waals surface area (Å²) in [5.74, 6) is -0.393. The van der Waals surface area contributed by atoms with Gasteiger partial charge in [0.15, 0.2) is 5.78 Å². The number of carbonyl (C=O) groups excluding carboxylic acids is 2. The highest BCUT2D eigenvalue weighted by atomic mass is 16.2. The SMILES string of the molecule is CC(=O)c1ccncc1C(=O)NCCN(C)C. The zero-order valence-electron chi connectivity index (χ0n) is 10.4. The Hall–Kier alpha value is -1.75. The summed E-state index contributed by atoms with van der Waals surface area (Å²) in [5.41, 5.74) is 0.737. The Labute approximate surface area is 101 Å². The van der Waals surface area contributed by atoms with Gasteiger partial charge in [-0.15, -0.1) is 0 Å². The molecule has 0 aliphatic rings. The van der Waals surface area contributed by atoms with Crippen LogP contribution in [0.2, 0.25) is 0 Å². The summed E-state index contributed by atoms with van der Waals surface area (Å²) in [5, 5.41) is 2.75. The molecule has 0 fully saturated rings. The van der Waals surface area contributed by atoms with Crippen molar-refractivity contribution in [3.8, 4) is 0 Å². The maximum atomic E-state index is 11.8. The second kappa shape index (κ2) is 6.10. The van der Waals surface area contributed by atoms with Gasteiger partial charge in [-0.3, -0.25) is 14.6 Å². The molecule has 1 heterocycles. The molecule has 1 amide bonds. The number of ketones is 1. The Morgan fingerprint density at radius 2 is 2.06 bits per heavy atom. The molecule has 0 aliphatic carbocycles. The predicted molar refractivity (Wildman–Crippen MR) is 65.1 cm³/mol. The van der Waals surface area contributed by atoms with Gasteiger partial charge in [0.2, 0.25) is 0 Å². The van der Waals surface area contributed by atoms with Crippen LogP contribution in [0.25, 0.3) is 0 Å². The first kappa shape index (κ1) is 13.3. The summed E-state index contributed by atoms with van der Waals surface area (Å²) >= 11 is 0. The zero-order chi connectivity index (χ0) is 12.8. The molecular formula is C12H17N3O2. The average Bonchev–Trinajstić information content (AvgIpc) is 2.28. The van der Waals surface area contributed by atoms with Crippen molar-refractivity contribution in [3.63, 3.8) is 0 Å². The van der Waals surface area contributed by atoms with E-state index in [1.807, 2.05) is 19.0 Å². The standard InChI is InChI=1S/C12H17N3O2/c1-9(16)10-4-5-13-8-11(10)12(17)14-6-7-15(2)3/h4-5,8H,6-7H2,1-3H3,(H,14,17). The lowest BCUT2D eigenvalue weighted by Gasteiger charge is -2.11. The van der Waals surface area contributed by atoms with Crippen LogP contribution < -0.4 is 5.32 Å². The van der Waals surface area contributed by atoms with Crippen molar-refractivity contribution >= 4 is 11.7 Å². The molecule has 1 N–H and O–H groups in total. The van der Waals surface area contributed by atoms with Crippen LogP contribution in [0.4, 0.5) is 0 Å². The molecule has 0 spiro atoms. The Morgan fingerprint density at radius 1 is 1.35 bits per heavy atom. The number of nitrogens with zero attached hydrogens (tertiary/aromatic N) is 2. The number of Topliss-reactive ketones (excluding diaryl/α,β-unsaturated/α-hetero) is 1. The molecule has 92 valence electrons. The first-order chi connectivity index (χ1) is 8.02. The fraction of sp³-hybridized carbons (Fsp3) is 0.417. The first-order valence-electron chi connectivity index (χ1n) is 5.40. The highest BCUT2D eigenvalue weighted by molar-refractivity contribution is 6.06. The predicted octanol–water partition coefficient (Wildman–Crippen LogP) is 0.576. The second-order valence-electron chi connectivity index (χ2n) is 4.04. The number of carbonyl (C=O) groups is 2. The number of hydrogen-bond donors (Lipinski definition) is 1. The van der Waals surface area contributed by atoms with Gasteiger partial charge in [0.25, 0.3) is 5.91 Å². The summed E-state index contributed by atoms with van der Waals surface area (Å²) in [6, 6.07) is 1.56. The van der Waals surface area contributed by atoms with E-state index in [4.69, 9.17) is 0 Å². The van der Waals surface area contributed by atoms with Crippen molar-refractivity contribution in [1.29, 1.82) is 0 Å². The van der Waals surface area contributed by atoms with Gasteiger partial charge in [0.05, 0.1) is 5.56 Å². The molecule has 0 aliphatic heterocycles. The molecular weight excluding hydrogens is 218 g/mol. The van der Waals surface area contributed by atoms with Gasteiger partial charge in [-0.2, -0.15) is 0 Å². The van der Waals surface area contributed by atoms with Gasteiger partial charge in [-0.05, 0) is 27.1 Å².